The molecule has 0 radical (unpaired) electrons. The average Bonchev–Trinajstić information content (AvgIpc) is 3.09. The number of carbonyl (C=O) groups is 1. The van der Waals surface area contributed by atoms with Gasteiger partial charge >= 0.3 is 0 Å². The zero-order chi connectivity index (χ0) is 16.1. The van der Waals surface area contributed by atoms with Gasteiger partial charge in [0.2, 0.25) is 11.0 Å². The van der Waals surface area contributed by atoms with E-state index in [2.05, 4.69) is 19.2 Å². The summed E-state index contributed by atoms with van der Waals surface area (Å²) in [7, 11) is 1.69. The Labute approximate surface area is 142 Å². The van der Waals surface area contributed by atoms with E-state index in [4.69, 9.17) is 4.74 Å². The molecule has 0 N–H and O–H groups in total. The molecule has 6 nitrogen and oxygen atoms in total. The van der Waals surface area contributed by atoms with Crippen LogP contribution < -0.4 is 4.90 Å². The van der Waals surface area contributed by atoms with Crippen molar-refractivity contribution in [2.24, 2.45) is 5.92 Å². The molecule has 2 aliphatic heterocycles. The number of aromatic nitrogens is 2. The lowest BCUT2D eigenvalue weighted by molar-refractivity contribution is -0.136. The van der Waals surface area contributed by atoms with Crippen LogP contribution >= 0.6 is 11.5 Å². The molecule has 7 heteroatoms. The first-order valence-electron chi connectivity index (χ1n) is 8.63. The van der Waals surface area contributed by atoms with Gasteiger partial charge in [0.25, 0.3) is 0 Å². The Balaban J connectivity index is 1.59. The van der Waals surface area contributed by atoms with Crippen molar-refractivity contribution in [1.82, 2.24) is 14.3 Å². The number of amides is 1. The maximum absolute atomic E-state index is 12.7. The molecule has 3 heterocycles. The Morgan fingerprint density at radius 2 is 2.09 bits per heavy atom. The van der Waals surface area contributed by atoms with E-state index in [0.29, 0.717) is 12.5 Å². The Morgan fingerprint density at radius 1 is 1.26 bits per heavy atom. The van der Waals surface area contributed by atoms with E-state index in [1.807, 2.05) is 0 Å². The molecule has 2 fully saturated rings. The van der Waals surface area contributed by atoms with Crippen molar-refractivity contribution in [2.45, 2.75) is 38.5 Å². The number of hydrogen-bond donors (Lipinski definition) is 0. The molecular weight excluding hydrogens is 312 g/mol. The molecular formula is C16H26N4O2S. The normalized spacial score (nSPS) is 22.4. The van der Waals surface area contributed by atoms with E-state index >= 15 is 0 Å². The molecule has 0 aromatic carbocycles. The topological polar surface area (TPSA) is 58.6 Å². The van der Waals surface area contributed by atoms with E-state index < -0.39 is 0 Å². The molecule has 1 aromatic heterocycles. The van der Waals surface area contributed by atoms with Crippen molar-refractivity contribution in [1.29, 1.82) is 0 Å². The summed E-state index contributed by atoms with van der Waals surface area (Å²) < 4.78 is 9.48. The van der Waals surface area contributed by atoms with Crippen LogP contribution in [0.2, 0.25) is 0 Å². The van der Waals surface area contributed by atoms with Gasteiger partial charge in [0.1, 0.15) is 5.82 Å². The second kappa shape index (κ2) is 8.06. The molecule has 1 unspecified atom stereocenters. The fourth-order valence-electron chi connectivity index (χ4n) is 3.39. The zero-order valence-electron chi connectivity index (χ0n) is 13.9. The van der Waals surface area contributed by atoms with Gasteiger partial charge in [-0.2, -0.15) is 4.37 Å². The van der Waals surface area contributed by atoms with E-state index in [1.165, 1.54) is 18.0 Å². The molecule has 0 bridgehead atoms. The Hall–Kier alpha value is -1.21. The largest absolute Gasteiger partial charge is 0.384 e. The number of piperidine rings is 2. The SMILES string of the molecule is COCCc1nsc(N2CCCC(C(=O)N3CCCCC3)C2)n1. The molecule has 1 amide bonds. The highest BCUT2D eigenvalue weighted by Crippen LogP contribution is 2.26. The summed E-state index contributed by atoms with van der Waals surface area (Å²) in [6, 6.07) is 0. The molecule has 128 valence electrons. The molecule has 0 aliphatic carbocycles. The molecule has 2 saturated heterocycles. The number of methoxy groups -OCH3 is 1. The van der Waals surface area contributed by atoms with Crippen molar-refractivity contribution < 1.29 is 9.53 Å². The quantitative estimate of drug-likeness (QED) is 0.821. The van der Waals surface area contributed by atoms with Crippen LogP contribution in [0.3, 0.4) is 0 Å². The van der Waals surface area contributed by atoms with Crippen LogP contribution in [0.1, 0.15) is 37.9 Å². The van der Waals surface area contributed by atoms with Gasteiger partial charge in [-0.1, -0.05) is 0 Å². The van der Waals surface area contributed by atoms with Gasteiger partial charge < -0.3 is 14.5 Å². The van der Waals surface area contributed by atoms with E-state index in [0.717, 1.165) is 69.2 Å². The first-order chi connectivity index (χ1) is 11.3. The first-order valence-corrected chi connectivity index (χ1v) is 9.40. The third kappa shape index (κ3) is 4.20. The van der Waals surface area contributed by atoms with Crippen molar-refractivity contribution in [2.75, 3.05) is 44.8 Å². The van der Waals surface area contributed by atoms with Crippen LogP contribution in [-0.2, 0) is 16.0 Å². The molecule has 1 atom stereocenters. The van der Waals surface area contributed by atoms with Gasteiger partial charge in [0.15, 0.2) is 0 Å². The van der Waals surface area contributed by atoms with Crippen molar-refractivity contribution in [3.63, 3.8) is 0 Å². The summed E-state index contributed by atoms with van der Waals surface area (Å²) in [6.07, 6.45) is 6.37. The van der Waals surface area contributed by atoms with Crippen molar-refractivity contribution in [3.05, 3.63) is 5.82 Å². The first kappa shape index (κ1) is 16.6. The minimum absolute atomic E-state index is 0.119. The number of hydrogen-bond acceptors (Lipinski definition) is 6. The van der Waals surface area contributed by atoms with Gasteiger partial charge in [0, 0.05) is 51.2 Å². The maximum Gasteiger partial charge on any atom is 0.227 e. The van der Waals surface area contributed by atoms with Crippen LogP contribution in [-0.4, -0.2) is 60.1 Å². The fraction of sp³-hybridized carbons (Fsp3) is 0.812. The van der Waals surface area contributed by atoms with Crippen molar-refractivity contribution >= 4 is 22.6 Å². The van der Waals surface area contributed by atoms with Gasteiger partial charge in [0.05, 0.1) is 12.5 Å². The molecule has 0 spiro atoms. The highest BCUT2D eigenvalue weighted by atomic mass is 32.1. The Morgan fingerprint density at radius 3 is 2.87 bits per heavy atom. The summed E-state index contributed by atoms with van der Waals surface area (Å²) in [5.41, 5.74) is 0. The summed E-state index contributed by atoms with van der Waals surface area (Å²) >= 11 is 1.44. The zero-order valence-corrected chi connectivity index (χ0v) is 14.7. The summed E-state index contributed by atoms with van der Waals surface area (Å²) in [5, 5.41) is 0.951. The van der Waals surface area contributed by atoms with Crippen LogP contribution in [0.5, 0.6) is 0 Å². The maximum atomic E-state index is 12.7. The molecule has 2 aliphatic rings. The van der Waals surface area contributed by atoms with Gasteiger partial charge in [-0.05, 0) is 32.1 Å². The molecule has 0 saturated carbocycles. The summed E-state index contributed by atoms with van der Waals surface area (Å²) in [6.45, 7) is 4.29. The van der Waals surface area contributed by atoms with Gasteiger partial charge in [-0.3, -0.25) is 4.79 Å². The van der Waals surface area contributed by atoms with Crippen molar-refractivity contribution in [3.8, 4) is 0 Å². The molecule has 23 heavy (non-hydrogen) atoms. The lowest BCUT2D eigenvalue weighted by atomic mass is 9.96. The highest BCUT2D eigenvalue weighted by Gasteiger charge is 2.31. The number of likely N-dealkylation sites (tertiary alicyclic amines) is 1. The van der Waals surface area contributed by atoms with E-state index in [9.17, 15) is 4.79 Å². The third-order valence-electron chi connectivity index (χ3n) is 4.70. The lowest BCUT2D eigenvalue weighted by Crippen LogP contribution is -2.46. The van der Waals surface area contributed by atoms with Gasteiger partial charge in [-0.15, -0.1) is 0 Å². The van der Waals surface area contributed by atoms with Crippen LogP contribution in [0, 0.1) is 5.92 Å². The number of anilines is 1. The van der Waals surface area contributed by atoms with Gasteiger partial charge in [-0.25, -0.2) is 4.98 Å². The minimum Gasteiger partial charge on any atom is -0.384 e. The fourth-order valence-corrected chi connectivity index (χ4v) is 4.14. The summed E-state index contributed by atoms with van der Waals surface area (Å²) in [4.78, 5) is 21.6. The van der Waals surface area contributed by atoms with Crippen LogP contribution in [0.15, 0.2) is 0 Å². The Kier molecular flexibility index (Phi) is 5.83. The smallest absolute Gasteiger partial charge is 0.227 e. The van der Waals surface area contributed by atoms with Crippen LogP contribution in [0.4, 0.5) is 5.13 Å². The van der Waals surface area contributed by atoms with E-state index in [1.54, 1.807) is 7.11 Å². The second-order valence-electron chi connectivity index (χ2n) is 6.41. The average molecular weight is 338 g/mol. The second-order valence-corrected chi connectivity index (χ2v) is 7.14. The molecule has 3 rings (SSSR count). The number of ether oxygens (including phenoxy) is 1. The number of carbonyl (C=O) groups excluding carboxylic acids is 1. The van der Waals surface area contributed by atoms with E-state index in [-0.39, 0.29) is 5.92 Å². The Bertz CT molecular complexity index is 516. The minimum atomic E-state index is 0.119. The van der Waals surface area contributed by atoms with Crippen LogP contribution in [0.25, 0.3) is 0 Å². The lowest BCUT2D eigenvalue weighted by Gasteiger charge is -2.36. The monoisotopic (exact) mass is 338 g/mol. The molecule has 1 aromatic rings. The predicted molar refractivity (Wildman–Crippen MR) is 90.9 cm³/mol. The standard InChI is InChI=1S/C16H26N4O2S/c1-22-11-7-14-17-16(23-18-14)20-10-5-6-13(12-20)15(21)19-8-3-2-4-9-19/h13H,2-12H2,1H3. The number of rotatable bonds is 5. The summed E-state index contributed by atoms with van der Waals surface area (Å²) in [5.74, 6) is 1.31. The number of nitrogens with zero attached hydrogens (tertiary/aromatic N) is 4. The highest BCUT2D eigenvalue weighted by molar-refractivity contribution is 7.09. The third-order valence-corrected chi connectivity index (χ3v) is 5.51. The predicted octanol–water partition coefficient (Wildman–Crippen LogP) is 1.96.